The number of carbonyl (C=O) groups is 1. The third kappa shape index (κ3) is 3.57. The lowest BCUT2D eigenvalue weighted by Crippen LogP contribution is -2.36. The van der Waals surface area contributed by atoms with Crippen molar-refractivity contribution in [3.8, 4) is 5.75 Å². The first-order valence-electron chi connectivity index (χ1n) is 6.75. The quantitative estimate of drug-likeness (QED) is 0.762. The Morgan fingerprint density at radius 1 is 1.32 bits per heavy atom. The molecule has 104 valence electrons. The molecule has 1 saturated carbocycles. The number of ether oxygens (including phenoxy) is 2. The summed E-state index contributed by atoms with van der Waals surface area (Å²) in [6.07, 6.45) is 2.12. The van der Waals surface area contributed by atoms with Gasteiger partial charge in [-0.3, -0.25) is 4.79 Å². The SMILES string of the molecule is COC(C(=O)c1cccc(OC2CC2)c1)C(C)(C)C. The molecule has 0 amide bonds. The standard InChI is InChI=1S/C16H22O3/c1-16(2,3)15(18-4)14(17)11-6-5-7-13(10-11)19-12-8-9-12/h5-7,10,12,15H,8-9H2,1-4H3. The van der Waals surface area contributed by atoms with Gasteiger partial charge in [-0.25, -0.2) is 0 Å². The second-order valence-corrected chi connectivity index (χ2v) is 6.19. The molecule has 1 aromatic rings. The maximum absolute atomic E-state index is 12.5. The summed E-state index contributed by atoms with van der Waals surface area (Å²) < 4.78 is 11.1. The van der Waals surface area contributed by atoms with E-state index in [9.17, 15) is 4.79 Å². The molecule has 3 nitrogen and oxygen atoms in total. The Morgan fingerprint density at radius 2 is 2.00 bits per heavy atom. The number of methoxy groups -OCH3 is 1. The zero-order valence-electron chi connectivity index (χ0n) is 12.1. The van der Waals surface area contributed by atoms with Gasteiger partial charge in [-0.05, 0) is 30.4 Å². The van der Waals surface area contributed by atoms with Crippen LogP contribution in [0.25, 0.3) is 0 Å². The van der Waals surface area contributed by atoms with Crippen molar-refractivity contribution >= 4 is 5.78 Å². The van der Waals surface area contributed by atoms with Gasteiger partial charge in [0.05, 0.1) is 6.10 Å². The summed E-state index contributed by atoms with van der Waals surface area (Å²) in [5.74, 6) is 0.786. The van der Waals surface area contributed by atoms with E-state index in [0.29, 0.717) is 11.7 Å². The number of hydrogen-bond donors (Lipinski definition) is 0. The van der Waals surface area contributed by atoms with E-state index in [1.165, 1.54) is 0 Å². The van der Waals surface area contributed by atoms with Crippen LogP contribution in [0.1, 0.15) is 44.0 Å². The first-order valence-corrected chi connectivity index (χ1v) is 6.75. The topological polar surface area (TPSA) is 35.5 Å². The molecular formula is C16H22O3. The largest absolute Gasteiger partial charge is 0.490 e. The van der Waals surface area contributed by atoms with Crippen molar-refractivity contribution in [3.63, 3.8) is 0 Å². The molecule has 2 rings (SSSR count). The molecular weight excluding hydrogens is 240 g/mol. The molecule has 0 radical (unpaired) electrons. The van der Waals surface area contributed by atoms with Gasteiger partial charge in [0.25, 0.3) is 0 Å². The van der Waals surface area contributed by atoms with Gasteiger partial charge in [-0.15, -0.1) is 0 Å². The molecule has 1 atom stereocenters. The monoisotopic (exact) mass is 262 g/mol. The van der Waals surface area contributed by atoms with Crippen molar-refractivity contribution in [2.75, 3.05) is 7.11 Å². The third-order valence-electron chi connectivity index (χ3n) is 3.21. The molecule has 0 spiro atoms. The van der Waals surface area contributed by atoms with Crippen LogP contribution in [0.4, 0.5) is 0 Å². The Balaban J connectivity index is 2.17. The molecule has 1 aliphatic rings. The van der Waals surface area contributed by atoms with Gasteiger partial charge >= 0.3 is 0 Å². The van der Waals surface area contributed by atoms with Crippen LogP contribution in [-0.2, 0) is 4.74 Å². The van der Waals surface area contributed by atoms with Crippen molar-refractivity contribution in [1.82, 2.24) is 0 Å². The summed E-state index contributed by atoms with van der Waals surface area (Å²) in [6.45, 7) is 6.01. The predicted octanol–water partition coefficient (Wildman–Crippen LogP) is 3.47. The minimum atomic E-state index is -0.441. The van der Waals surface area contributed by atoms with Gasteiger partial charge in [-0.2, -0.15) is 0 Å². The van der Waals surface area contributed by atoms with E-state index in [1.807, 2.05) is 45.0 Å². The van der Waals surface area contributed by atoms with E-state index in [4.69, 9.17) is 9.47 Å². The molecule has 0 heterocycles. The molecule has 0 aromatic heterocycles. The zero-order chi connectivity index (χ0) is 14.0. The Hall–Kier alpha value is -1.35. The molecule has 1 aromatic carbocycles. The van der Waals surface area contributed by atoms with E-state index < -0.39 is 6.10 Å². The zero-order valence-corrected chi connectivity index (χ0v) is 12.1. The highest BCUT2D eigenvalue weighted by Gasteiger charge is 2.32. The van der Waals surface area contributed by atoms with Crippen LogP contribution < -0.4 is 4.74 Å². The second-order valence-electron chi connectivity index (χ2n) is 6.19. The predicted molar refractivity (Wildman–Crippen MR) is 74.7 cm³/mol. The van der Waals surface area contributed by atoms with E-state index in [1.54, 1.807) is 7.11 Å². The molecule has 0 N–H and O–H groups in total. The summed E-state index contributed by atoms with van der Waals surface area (Å²) in [5, 5.41) is 0. The molecule has 19 heavy (non-hydrogen) atoms. The van der Waals surface area contributed by atoms with Crippen molar-refractivity contribution in [1.29, 1.82) is 0 Å². The highest BCUT2D eigenvalue weighted by molar-refractivity contribution is 6.00. The summed E-state index contributed by atoms with van der Waals surface area (Å²) in [7, 11) is 1.58. The second kappa shape index (κ2) is 5.33. The van der Waals surface area contributed by atoms with Crippen LogP contribution >= 0.6 is 0 Å². The fraction of sp³-hybridized carbons (Fsp3) is 0.562. The van der Waals surface area contributed by atoms with Crippen LogP contribution in [0, 0.1) is 5.41 Å². The van der Waals surface area contributed by atoms with Crippen LogP contribution in [0.15, 0.2) is 24.3 Å². The van der Waals surface area contributed by atoms with Crippen molar-refractivity contribution in [3.05, 3.63) is 29.8 Å². The summed E-state index contributed by atoms with van der Waals surface area (Å²) >= 11 is 0. The first-order chi connectivity index (χ1) is 8.91. The van der Waals surface area contributed by atoms with Crippen molar-refractivity contribution in [2.45, 2.75) is 45.8 Å². The Bertz CT molecular complexity index is 455. The number of ketones is 1. The lowest BCUT2D eigenvalue weighted by Gasteiger charge is -2.28. The van der Waals surface area contributed by atoms with E-state index in [0.717, 1.165) is 18.6 Å². The summed E-state index contributed by atoms with van der Waals surface area (Å²) in [5.41, 5.74) is 0.430. The van der Waals surface area contributed by atoms with Crippen molar-refractivity contribution < 1.29 is 14.3 Å². The molecule has 3 heteroatoms. The van der Waals surface area contributed by atoms with Crippen LogP contribution in [0.5, 0.6) is 5.75 Å². The van der Waals surface area contributed by atoms with Crippen LogP contribution in [-0.4, -0.2) is 25.1 Å². The van der Waals surface area contributed by atoms with Crippen LogP contribution in [0.3, 0.4) is 0 Å². The van der Waals surface area contributed by atoms with Crippen molar-refractivity contribution in [2.24, 2.45) is 5.41 Å². The Labute approximate surface area is 114 Å². The summed E-state index contributed by atoms with van der Waals surface area (Å²) in [6, 6.07) is 7.40. The first kappa shape index (κ1) is 14.1. The maximum Gasteiger partial charge on any atom is 0.192 e. The maximum atomic E-state index is 12.5. The van der Waals surface area contributed by atoms with E-state index in [2.05, 4.69) is 0 Å². The van der Waals surface area contributed by atoms with Gasteiger partial charge in [-0.1, -0.05) is 32.9 Å². The molecule has 1 fully saturated rings. The molecule has 1 unspecified atom stereocenters. The third-order valence-corrected chi connectivity index (χ3v) is 3.21. The highest BCUT2D eigenvalue weighted by atomic mass is 16.5. The molecule has 0 aliphatic heterocycles. The Morgan fingerprint density at radius 3 is 2.53 bits per heavy atom. The van der Waals surface area contributed by atoms with Gasteiger partial charge in [0.2, 0.25) is 0 Å². The van der Waals surface area contributed by atoms with Gasteiger partial charge in [0, 0.05) is 12.7 Å². The fourth-order valence-electron chi connectivity index (χ4n) is 2.11. The minimum absolute atomic E-state index is 0.0104. The van der Waals surface area contributed by atoms with E-state index in [-0.39, 0.29) is 11.2 Å². The number of hydrogen-bond acceptors (Lipinski definition) is 3. The fourth-order valence-corrected chi connectivity index (χ4v) is 2.11. The molecule has 0 bridgehead atoms. The van der Waals surface area contributed by atoms with Gasteiger partial charge < -0.3 is 9.47 Å². The smallest absolute Gasteiger partial charge is 0.192 e. The molecule has 0 saturated heterocycles. The Kier molecular flexibility index (Phi) is 3.95. The van der Waals surface area contributed by atoms with Crippen LogP contribution in [0.2, 0.25) is 0 Å². The van der Waals surface area contributed by atoms with E-state index >= 15 is 0 Å². The van der Waals surface area contributed by atoms with Gasteiger partial charge in [0.1, 0.15) is 11.9 Å². The number of carbonyl (C=O) groups excluding carboxylic acids is 1. The highest BCUT2D eigenvalue weighted by Crippen LogP contribution is 2.29. The normalized spacial score (nSPS) is 17.1. The lowest BCUT2D eigenvalue weighted by molar-refractivity contribution is 0.0195. The minimum Gasteiger partial charge on any atom is -0.490 e. The average Bonchev–Trinajstić information content (AvgIpc) is 3.12. The average molecular weight is 262 g/mol. The molecule has 1 aliphatic carbocycles. The number of benzene rings is 1. The van der Waals surface area contributed by atoms with Gasteiger partial charge in [0.15, 0.2) is 5.78 Å². The number of Topliss-reactive ketones (excluding diaryl/α,β-unsaturated/α-hetero) is 1. The number of rotatable bonds is 5. The summed E-state index contributed by atoms with van der Waals surface area (Å²) in [4.78, 5) is 12.5. The lowest BCUT2D eigenvalue weighted by atomic mass is 9.84.